The molecule has 2 nitrogen and oxygen atoms in total. The maximum absolute atomic E-state index is 7.00. The zero-order chi connectivity index (χ0) is 11.1. The first-order valence-corrected chi connectivity index (χ1v) is 5.89. The second-order valence-electron chi connectivity index (χ2n) is 3.54. The standard InChI is InChI=1S/C10H20.2CH4O/c1-2-4-6-8-10-9-7-5-3-1;2*1-2/h1-10H2;2*2H,1H3. The van der Waals surface area contributed by atoms with Crippen LogP contribution in [0.15, 0.2) is 0 Å². The molecule has 0 heterocycles. The number of hydrogen-bond donors (Lipinski definition) is 2. The van der Waals surface area contributed by atoms with Crippen molar-refractivity contribution in [2.45, 2.75) is 64.2 Å². The van der Waals surface area contributed by atoms with E-state index in [-0.39, 0.29) is 0 Å². The Morgan fingerprint density at radius 2 is 0.429 bits per heavy atom. The van der Waals surface area contributed by atoms with Gasteiger partial charge in [0.1, 0.15) is 0 Å². The van der Waals surface area contributed by atoms with Gasteiger partial charge in [-0.2, -0.15) is 0 Å². The molecule has 0 atom stereocenters. The summed E-state index contributed by atoms with van der Waals surface area (Å²) in [7, 11) is 2.00. The third-order valence-corrected chi connectivity index (χ3v) is 2.50. The van der Waals surface area contributed by atoms with E-state index >= 15 is 0 Å². The van der Waals surface area contributed by atoms with Crippen LogP contribution in [0.5, 0.6) is 0 Å². The second kappa shape index (κ2) is 18.7. The molecule has 88 valence electrons. The minimum Gasteiger partial charge on any atom is -0.400 e. The molecule has 1 aliphatic carbocycles. The summed E-state index contributed by atoms with van der Waals surface area (Å²) in [5.74, 6) is 0. The van der Waals surface area contributed by atoms with Gasteiger partial charge in [-0.3, -0.25) is 0 Å². The Bertz CT molecular complexity index is 41.5. The van der Waals surface area contributed by atoms with Gasteiger partial charge >= 0.3 is 0 Å². The highest BCUT2D eigenvalue weighted by atomic mass is 16.2. The van der Waals surface area contributed by atoms with Gasteiger partial charge in [-0.25, -0.2) is 0 Å². The van der Waals surface area contributed by atoms with E-state index in [4.69, 9.17) is 10.2 Å². The fourth-order valence-corrected chi connectivity index (χ4v) is 1.77. The maximum atomic E-state index is 7.00. The summed E-state index contributed by atoms with van der Waals surface area (Å²) in [4.78, 5) is 0. The zero-order valence-corrected chi connectivity index (χ0v) is 9.97. The molecule has 0 unspecified atom stereocenters. The molecule has 1 aliphatic rings. The van der Waals surface area contributed by atoms with Crippen molar-refractivity contribution in [2.75, 3.05) is 14.2 Å². The molecule has 0 saturated heterocycles. The number of hydrogen-bond acceptors (Lipinski definition) is 2. The molecule has 2 N–H and O–H groups in total. The second-order valence-corrected chi connectivity index (χ2v) is 3.54. The number of aliphatic hydroxyl groups excluding tert-OH is 2. The van der Waals surface area contributed by atoms with Gasteiger partial charge in [0.25, 0.3) is 0 Å². The SMILES string of the molecule is C1CCCCCCCCC1.CO.CO. The summed E-state index contributed by atoms with van der Waals surface area (Å²) in [5, 5.41) is 14.0. The topological polar surface area (TPSA) is 40.5 Å². The van der Waals surface area contributed by atoms with Crippen LogP contribution < -0.4 is 0 Å². The van der Waals surface area contributed by atoms with Crippen molar-refractivity contribution in [1.29, 1.82) is 0 Å². The Balaban J connectivity index is 0. The summed E-state index contributed by atoms with van der Waals surface area (Å²) >= 11 is 0. The molecular formula is C12H28O2. The number of rotatable bonds is 0. The van der Waals surface area contributed by atoms with Crippen LogP contribution in [0.2, 0.25) is 0 Å². The summed E-state index contributed by atoms with van der Waals surface area (Å²) in [6, 6.07) is 0. The lowest BCUT2D eigenvalue weighted by Gasteiger charge is -2.05. The first-order valence-electron chi connectivity index (χ1n) is 5.89. The van der Waals surface area contributed by atoms with Gasteiger partial charge in [0.2, 0.25) is 0 Å². The molecular weight excluding hydrogens is 176 g/mol. The van der Waals surface area contributed by atoms with E-state index in [0.717, 1.165) is 14.2 Å². The molecule has 0 aromatic carbocycles. The van der Waals surface area contributed by atoms with Crippen LogP contribution in [0.1, 0.15) is 64.2 Å². The molecule has 1 saturated carbocycles. The Hall–Kier alpha value is -0.0800. The molecule has 0 radical (unpaired) electrons. The summed E-state index contributed by atoms with van der Waals surface area (Å²) in [5.41, 5.74) is 0. The van der Waals surface area contributed by atoms with Crippen molar-refractivity contribution < 1.29 is 10.2 Å². The molecule has 14 heavy (non-hydrogen) atoms. The van der Waals surface area contributed by atoms with E-state index < -0.39 is 0 Å². The molecule has 0 aromatic heterocycles. The Morgan fingerprint density at radius 3 is 0.500 bits per heavy atom. The minimum atomic E-state index is 1.00. The summed E-state index contributed by atoms with van der Waals surface area (Å²) in [6.45, 7) is 0. The van der Waals surface area contributed by atoms with Crippen molar-refractivity contribution in [2.24, 2.45) is 0 Å². The van der Waals surface area contributed by atoms with Crippen molar-refractivity contribution in [3.8, 4) is 0 Å². The lowest BCUT2D eigenvalue weighted by Crippen LogP contribution is -1.85. The van der Waals surface area contributed by atoms with E-state index in [1.54, 1.807) is 0 Å². The molecule has 0 amide bonds. The van der Waals surface area contributed by atoms with Crippen molar-refractivity contribution in [3.05, 3.63) is 0 Å². The molecule has 1 fully saturated rings. The minimum absolute atomic E-state index is 1.00. The Labute approximate surface area is 89.3 Å². The van der Waals surface area contributed by atoms with Gasteiger partial charge in [-0.1, -0.05) is 64.2 Å². The van der Waals surface area contributed by atoms with Crippen molar-refractivity contribution in [1.82, 2.24) is 0 Å². The van der Waals surface area contributed by atoms with Crippen LogP contribution in [0.25, 0.3) is 0 Å². The maximum Gasteiger partial charge on any atom is 0.0319 e. The van der Waals surface area contributed by atoms with E-state index in [2.05, 4.69) is 0 Å². The molecule has 0 aliphatic heterocycles. The molecule has 0 bridgehead atoms. The highest BCUT2D eigenvalue weighted by Gasteiger charge is 1.95. The van der Waals surface area contributed by atoms with Crippen molar-refractivity contribution in [3.63, 3.8) is 0 Å². The average Bonchev–Trinajstić information content (AvgIpc) is 2.32. The molecule has 1 rings (SSSR count). The largest absolute Gasteiger partial charge is 0.400 e. The monoisotopic (exact) mass is 204 g/mol. The van der Waals surface area contributed by atoms with E-state index in [1.807, 2.05) is 0 Å². The predicted molar refractivity (Wildman–Crippen MR) is 62.5 cm³/mol. The van der Waals surface area contributed by atoms with Gasteiger partial charge in [0.05, 0.1) is 0 Å². The fourth-order valence-electron chi connectivity index (χ4n) is 1.77. The first-order chi connectivity index (χ1) is 7.00. The molecule has 2 heteroatoms. The van der Waals surface area contributed by atoms with E-state index in [9.17, 15) is 0 Å². The Morgan fingerprint density at radius 1 is 0.357 bits per heavy atom. The van der Waals surface area contributed by atoms with Crippen LogP contribution >= 0.6 is 0 Å². The fraction of sp³-hybridized carbons (Fsp3) is 1.00. The van der Waals surface area contributed by atoms with Gasteiger partial charge in [-0.15, -0.1) is 0 Å². The highest BCUT2D eigenvalue weighted by molar-refractivity contribution is 4.51. The van der Waals surface area contributed by atoms with Crippen LogP contribution in [0.3, 0.4) is 0 Å². The third kappa shape index (κ3) is 14.4. The highest BCUT2D eigenvalue weighted by Crippen LogP contribution is 2.15. The molecule has 0 spiro atoms. The van der Waals surface area contributed by atoms with E-state index in [1.165, 1.54) is 64.2 Å². The average molecular weight is 204 g/mol. The smallest absolute Gasteiger partial charge is 0.0319 e. The lowest BCUT2D eigenvalue weighted by molar-refractivity contribution is 0.399. The van der Waals surface area contributed by atoms with Crippen LogP contribution in [-0.4, -0.2) is 24.4 Å². The van der Waals surface area contributed by atoms with E-state index in [0.29, 0.717) is 0 Å². The van der Waals surface area contributed by atoms with Gasteiger partial charge in [0, 0.05) is 14.2 Å². The van der Waals surface area contributed by atoms with Crippen LogP contribution in [-0.2, 0) is 0 Å². The third-order valence-electron chi connectivity index (χ3n) is 2.50. The van der Waals surface area contributed by atoms with Gasteiger partial charge < -0.3 is 10.2 Å². The van der Waals surface area contributed by atoms with Gasteiger partial charge in [-0.05, 0) is 0 Å². The molecule has 0 aromatic rings. The Kier molecular flexibility index (Phi) is 21.8. The summed E-state index contributed by atoms with van der Waals surface area (Å²) in [6.07, 6.45) is 15.0. The normalized spacial score (nSPS) is 18.0. The first kappa shape index (κ1) is 16.4. The zero-order valence-electron chi connectivity index (χ0n) is 9.97. The predicted octanol–water partition coefficient (Wildman–Crippen LogP) is 3.12. The van der Waals surface area contributed by atoms with Crippen molar-refractivity contribution >= 4 is 0 Å². The van der Waals surface area contributed by atoms with Crippen LogP contribution in [0, 0.1) is 0 Å². The number of aliphatic hydroxyl groups is 2. The van der Waals surface area contributed by atoms with Gasteiger partial charge in [0.15, 0.2) is 0 Å². The summed E-state index contributed by atoms with van der Waals surface area (Å²) < 4.78 is 0. The quantitative estimate of drug-likeness (QED) is 0.636. The lowest BCUT2D eigenvalue weighted by atomic mass is 10.0. The van der Waals surface area contributed by atoms with Crippen LogP contribution in [0.4, 0.5) is 0 Å².